The molecule has 2 nitrogen and oxygen atoms in total. The summed E-state index contributed by atoms with van der Waals surface area (Å²) in [5.74, 6) is -4.07. The number of hydrogen-bond donors (Lipinski definition) is 1. The molecular weight excluding hydrogens is 318 g/mol. The molecule has 7 heteroatoms. The first-order chi connectivity index (χ1) is 8.34. The molecule has 0 amide bonds. The highest BCUT2D eigenvalue weighted by atomic mass is 79.9. The van der Waals surface area contributed by atoms with E-state index in [9.17, 15) is 17.6 Å². The Balaban J connectivity index is 3.28. The van der Waals surface area contributed by atoms with E-state index in [0.717, 1.165) is 0 Å². The third kappa shape index (κ3) is 2.95. The molecule has 0 aromatic heterocycles. The fourth-order valence-electron chi connectivity index (χ4n) is 1.61. The van der Waals surface area contributed by atoms with Crippen molar-refractivity contribution in [1.29, 1.82) is 0 Å². The number of methoxy groups -OCH3 is 1. The van der Waals surface area contributed by atoms with Crippen LogP contribution in [-0.4, -0.2) is 26.5 Å². The monoisotopic (exact) mass is 329 g/mol. The molecule has 0 heterocycles. The van der Waals surface area contributed by atoms with E-state index in [0.29, 0.717) is 4.47 Å². The number of ether oxygens (including phenoxy) is 1. The Morgan fingerprint density at radius 2 is 1.94 bits per heavy atom. The summed E-state index contributed by atoms with van der Waals surface area (Å²) in [7, 11) is 2.49. The van der Waals surface area contributed by atoms with Gasteiger partial charge in [-0.3, -0.25) is 0 Å². The lowest BCUT2D eigenvalue weighted by atomic mass is 10.00. The molecule has 0 spiro atoms. The minimum absolute atomic E-state index is 0.0281. The average Bonchev–Trinajstić information content (AvgIpc) is 2.29. The highest BCUT2D eigenvalue weighted by molar-refractivity contribution is 9.10. The van der Waals surface area contributed by atoms with E-state index in [1.54, 1.807) is 6.07 Å². The Morgan fingerprint density at radius 3 is 2.39 bits per heavy atom. The Morgan fingerprint density at radius 1 is 1.33 bits per heavy atom. The van der Waals surface area contributed by atoms with Gasteiger partial charge in [0.15, 0.2) is 0 Å². The van der Waals surface area contributed by atoms with Gasteiger partial charge in [0.25, 0.3) is 0 Å². The van der Waals surface area contributed by atoms with Gasteiger partial charge in [-0.05, 0) is 25.2 Å². The molecule has 1 N–H and O–H groups in total. The van der Waals surface area contributed by atoms with Crippen LogP contribution < -0.4 is 10.1 Å². The van der Waals surface area contributed by atoms with Crippen molar-refractivity contribution in [2.45, 2.75) is 18.4 Å². The first-order valence-electron chi connectivity index (χ1n) is 5.01. The van der Waals surface area contributed by atoms with Gasteiger partial charge in [-0.1, -0.05) is 15.9 Å². The van der Waals surface area contributed by atoms with Crippen LogP contribution in [0.3, 0.4) is 0 Å². The second kappa shape index (κ2) is 5.88. The summed E-state index contributed by atoms with van der Waals surface area (Å²) in [5, 5.41) is 2.21. The third-order valence-electron chi connectivity index (χ3n) is 2.47. The molecule has 102 valence electrons. The highest BCUT2D eigenvalue weighted by Gasteiger charge is 2.49. The van der Waals surface area contributed by atoms with Gasteiger partial charge in [0.1, 0.15) is 11.8 Å². The average molecular weight is 330 g/mol. The quantitative estimate of drug-likeness (QED) is 0.833. The van der Waals surface area contributed by atoms with E-state index in [1.807, 2.05) is 0 Å². The van der Waals surface area contributed by atoms with Crippen LogP contribution in [0.25, 0.3) is 0 Å². The van der Waals surface area contributed by atoms with Crippen LogP contribution >= 0.6 is 15.9 Å². The van der Waals surface area contributed by atoms with Crippen molar-refractivity contribution in [2.75, 3.05) is 14.2 Å². The SMILES string of the molecule is CNC(c1cc(Br)ccc1OC)C(F)(F)C(F)F. The van der Waals surface area contributed by atoms with Crippen molar-refractivity contribution in [3.05, 3.63) is 28.2 Å². The van der Waals surface area contributed by atoms with E-state index in [2.05, 4.69) is 21.2 Å². The van der Waals surface area contributed by atoms with Gasteiger partial charge in [-0.25, -0.2) is 8.78 Å². The smallest absolute Gasteiger partial charge is 0.326 e. The molecule has 1 unspecified atom stereocenters. The molecule has 0 saturated heterocycles. The summed E-state index contributed by atoms with van der Waals surface area (Å²) in [6.45, 7) is 0. The van der Waals surface area contributed by atoms with Crippen LogP contribution in [-0.2, 0) is 0 Å². The Hall–Kier alpha value is -0.820. The topological polar surface area (TPSA) is 21.3 Å². The fourth-order valence-corrected chi connectivity index (χ4v) is 1.99. The van der Waals surface area contributed by atoms with Crippen LogP contribution in [0, 0.1) is 0 Å². The maximum absolute atomic E-state index is 13.5. The summed E-state index contributed by atoms with van der Waals surface area (Å²) in [5.41, 5.74) is -0.0281. The third-order valence-corrected chi connectivity index (χ3v) is 2.96. The normalized spacial score (nSPS) is 13.8. The summed E-state index contributed by atoms with van der Waals surface area (Å²) in [4.78, 5) is 0. The van der Waals surface area contributed by atoms with Crippen LogP contribution in [0.4, 0.5) is 17.6 Å². The van der Waals surface area contributed by atoms with E-state index in [4.69, 9.17) is 4.74 Å². The van der Waals surface area contributed by atoms with Crippen molar-refractivity contribution >= 4 is 15.9 Å². The lowest BCUT2D eigenvalue weighted by molar-refractivity contribution is -0.150. The molecule has 0 aliphatic carbocycles. The summed E-state index contributed by atoms with van der Waals surface area (Å²) >= 11 is 3.11. The number of hydrogen-bond acceptors (Lipinski definition) is 2. The predicted molar refractivity (Wildman–Crippen MR) is 63.4 cm³/mol. The van der Waals surface area contributed by atoms with E-state index < -0.39 is 18.4 Å². The van der Waals surface area contributed by atoms with E-state index >= 15 is 0 Å². The van der Waals surface area contributed by atoms with Gasteiger partial charge in [-0.2, -0.15) is 8.78 Å². The molecule has 0 bridgehead atoms. The van der Waals surface area contributed by atoms with Gasteiger partial charge < -0.3 is 10.1 Å². The van der Waals surface area contributed by atoms with Gasteiger partial charge in [0.2, 0.25) is 0 Å². The molecule has 18 heavy (non-hydrogen) atoms. The van der Waals surface area contributed by atoms with E-state index in [-0.39, 0.29) is 11.3 Å². The maximum Gasteiger partial charge on any atom is 0.326 e. The number of halogens is 5. The van der Waals surface area contributed by atoms with E-state index in [1.165, 1.54) is 26.3 Å². The molecule has 0 aliphatic rings. The van der Waals surface area contributed by atoms with Crippen molar-refractivity contribution in [3.63, 3.8) is 0 Å². The second-order valence-electron chi connectivity index (χ2n) is 3.58. The number of alkyl halides is 4. The summed E-state index contributed by atoms with van der Waals surface area (Å²) in [6.07, 6.45) is -3.77. The fraction of sp³-hybridized carbons (Fsp3) is 0.455. The molecule has 1 atom stereocenters. The van der Waals surface area contributed by atoms with Gasteiger partial charge >= 0.3 is 12.3 Å². The zero-order chi connectivity index (χ0) is 13.9. The molecule has 0 fully saturated rings. The first-order valence-corrected chi connectivity index (χ1v) is 5.80. The minimum atomic E-state index is -4.19. The summed E-state index contributed by atoms with van der Waals surface area (Å²) in [6, 6.07) is 2.52. The number of benzene rings is 1. The van der Waals surface area contributed by atoms with Gasteiger partial charge in [0, 0.05) is 10.0 Å². The van der Waals surface area contributed by atoms with Crippen molar-refractivity contribution < 1.29 is 22.3 Å². The van der Waals surface area contributed by atoms with Crippen LogP contribution in [0.1, 0.15) is 11.6 Å². The zero-order valence-electron chi connectivity index (χ0n) is 9.68. The molecule has 1 rings (SSSR count). The Kier molecular flexibility index (Phi) is 4.98. The van der Waals surface area contributed by atoms with Crippen LogP contribution in [0.5, 0.6) is 5.75 Å². The maximum atomic E-state index is 13.5. The van der Waals surface area contributed by atoms with Crippen molar-refractivity contribution in [1.82, 2.24) is 5.32 Å². The molecule has 1 aromatic carbocycles. The minimum Gasteiger partial charge on any atom is -0.496 e. The first kappa shape index (κ1) is 15.2. The molecule has 0 radical (unpaired) electrons. The second-order valence-corrected chi connectivity index (χ2v) is 4.50. The van der Waals surface area contributed by atoms with Crippen LogP contribution in [0.15, 0.2) is 22.7 Å². The van der Waals surface area contributed by atoms with Crippen molar-refractivity contribution in [3.8, 4) is 5.75 Å². The Labute approximate surface area is 110 Å². The van der Waals surface area contributed by atoms with Gasteiger partial charge in [-0.15, -0.1) is 0 Å². The molecule has 0 aliphatic heterocycles. The van der Waals surface area contributed by atoms with Crippen LogP contribution in [0.2, 0.25) is 0 Å². The Bertz CT molecular complexity index is 414. The summed E-state index contributed by atoms with van der Waals surface area (Å²) < 4.78 is 57.2. The lowest BCUT2D eigenvalue weighted by Crippen LogP contribution is -2.41. The standard InChI is InChI=1S/C11H12BrF4NO/c1-17-9(11(15,16)10(13)14)7-5-6(12)3-4-8(7)18-2/h3-5,9-10,17H,1-2H3. The largest absolute Gasteiger partial charge is 0.496 e. The van der Waals surface area contributed by atoms with Crippen molar-refractivity contribution in [2.24, 2.45) is 0 Å². The lowest BCUT2D eigenvalue weighted by Gasteiger charge is -2.27. The number of rotatable bonds is 5. The molecule has 0 saturated carbocycles. The predicted octanol–water partition coefficient (Wildman–Crippen LogP) is 3.62. The number of nitrogens with one attached hydrogen (secondary N) is 1. The molecule has 1 aromatic rings. The zero-order valence-corrected chi connectivity index (χ0v) is 11.3. The van der Waals surface area contributed by atoms with Gasteiger partial charge in [0.05, 0.1) is 7.11 Å². The molecular formula is C11H12BrF4NO. The highest BCUT2D eigenvalue weighted by Crippen LogP contribution is 2.40.